The van der Waals surface area contributed by atoms with E-state index in [1.54, 1.807) is 11.3 Å². The van der Waals surface area contributed by atoms with Crippen LogP contribution in [-0.2, 0) is 28.9 Å². The van der Waals surface area contributed by atoms with Gasteiger partial charge in [-0.1, -0.05) is 12.1 Å². The van der Waals surface area contributed by atoms with Crippen LogP contribution >= 0.6 is 11.3 Å². The highest BCUT2D eigenvalue weighted by molar-refractivity contribution is 7.17. The minimum Gasteiger partial charge on any atom is -0.372 e. The molecule has 0 spiro atoms. The topological polar surface area (TPSA) is 67.7 Å². The smallest absolute Gasteiger partial charge is 0.274 e. The zero-order chi connectivity index (χ0) is 24.8. The van der Waals surface area contributed by atoms with Gasteiger partial charge >= 0.3 is 0 Å². The van der Waals surface area contributed by atoms with Crippen molar-refractivity contribution in [3.05, 3.63) is 52.2 Å². The van der Waals surface area contributed by atoms with Gasteiger partial charge in [0.15, 0.2) is 5.69 Å². The lowest BCUT2D eigenvalue weighted by molar-refractivity contribution is -0.133. The number of piperidine rings is 1. The number of likely N-dealkylation sites (tertiary alicyclic amines) is 1. The third-order valence-corrected chi connectivity index (χ3v) is 8.90. The summed E-state index contributed by atoms with van der Waals surface area (Å²) in [5.74, 6) is 0.570. The first-order chi connectivity index (χ1) is 17.5. The van der Waals surface area contributed by atoms with Gasteiger partial charge in [0.2, 0.25) is 5.91 Å². The molecule has 2 aromatic heterocycles. The van der Waals surface area contributed by atoms with Gasteiger partial charge in [0.25, 0.3) is 5.91 Å². The van der Waals surface area contributed by atoms with E-state index in [4.69, 9.17) is 9.84 Å². The van der Waals surface area contributed by atoms with Crippen molar-refractivity contribution in [2.45, 2.75) is 70.6 Å². The molecular formula is C28H34N4O3S. The quantitative estimate of drug-likeness (QED) is 0.531. The van der Waals surface area contributed by atoms with E-state index >= 15 is 0 Å². The molecule has 3 aliphatic rings. The molecule has 1 aromatic carbocycles. The van der Waals surface area contributed by atoms with Crippen molar-refractivity contribution in [1.82, 2.24) is 19.6 Å². The molecule has 4 heterocycles. The molecule has 0 unspecified atom stereocenters. The van der Waals surface area contributed by atoms with E-state index < -0.39 is 0 Å². The number of amides is 2. The predicted molar refractivity (Wildman–Crippen MR) is 141 cm³/mol. The first kappa shape index (κ1) is 23.7. The van der Waals surface area contributed by atoms with E-state index in [-0.39, 0.29) is 30.6 Å². The van der Waals surface area contributed by atoms with Crippen LogP contribution in [0.3, 0.4) is 0 Å². The highest BCUT2D eigenvalue weighted by Crippen LogP contribution is 2.35. The van der Waals surface area contributed by atoms with E-state index in [1.165, 1.54) is 15.6 Å². The third kappa shape index (κ3) is 4.34. The number of thiophene rings is 1. The van der Waals surface area contributed by atoms with Gasteiger partial charge in [0, 0.05) is 42.1 Å². The van der Waals surface area contributed by atoms with Gasteiger partial charge in [0.05, 0.1) is 12.2 Å². The molecular weight excluding hydrogens is 472 g/mol. The summed E-state index contributed by atoms with van der Waals surface area (Å²) in [7, 11) is 0. The largest absolute Gasteiger partial charge is 0.372 e. The highest BCUT2D eigenvalue weighted by atomic mass is 32.1. The number of morpholine rings is 1. The zero-order valence-electron chi connectivity index (χ0n) is 21.1. The van der Waals surface area contributed by atoms with Gasteiger partial charge in [-0.2, -0.15) is 5.10 Å². The molecule has 1 aliphatic carbocycles. The Bertz CT molecular complexity index is 1280. The van der Waals surface area contributed by atoms with Crippen LogP contribution in [0.2, 0.25) is 0 Å². The lowest BCUT2D eigenvalue weighted by Gasteiger charge is -2.35. The minimum atomic E-state index is -0.0234. The van der Waals surface area contributed by atoms with E-state index in [0.29, 0.717) is 24.7 Å². The molecule has 2 aliphatic heterocycles. The summed E-state index contributed by atoms with van der Waals surface area (Å²) in [6, 6.07) is 8.81. The predicted octanol–water partition coefficient (Wildman–Crippen LogP) is 4.24. The van der Waals surface area contributed by atoms with Gasteiger partial charge in [-0.15, -0.1) is 11.3 Å². The fourth-order valence-electron chi connectivity index (χ4n) is 6.35. The first-order valence-corrected chi connectivity index (χ1v) is 14.1. The summed E-state index contributed by atoms with van der Waals surface area (Å²) in [5.41, 5.74) is 4.07. The fourth-order valence-corrected chi connectivity index (χ4v) is 7.17. The van der Waals surface area contributed by atoms with Crippen molar-refractivity contribution in [2.24, 2.45) is 0 Å². The van der Waals surface area contributed by atoms with E-state index in [2.05, 4.69) is 29.6 Å². The molecule has 36 heavy (non-hydrogen) atoms. The Hall–Kier alpha value is -2.71. The monoisotopic (exact) mass is 506 g/mol. The van der Waals surface area contributed by atoms with Crippen molar-refractivity contribution in [1.29, 1.82) is 0 Å². The number of hydrogen-bond donors (Lipinski definition) is 0. The summed E-state index contributed by atoms with van der Waals surface area (Å²) < 4.78 is 8.96. The molecule has 0 saturated carbocycles. The summed E-state index contributed by atoms with van der Waals surface area (Å²) in [5, 5.41) is 8.24. The van der Waals surface area contributed by atoms with Crippen LogP contribution in [0.4, 0.5) is 0 Å². The second-order valence-corrected chi connectivity index (χ2v) is 11.5. The second-order valence-electron chi connectivity index (χ2n) is 10.6. The van der Waals surface area contributed by atoms with E-state index in [1.807, 2.05) is 28.3 Å². The molecule has 190 valence electrons. The van der Waals surface area contributed by atoms with Crippen LogP contribution in [0.1, 0.15) is 66.3 Å². The molecule has 0 radical (unpaired) electrons. The Labute approximate surface area is 216 Å². The van der Waals surface area contributed by atoms with Crippen molar-refractivity contribution in [3.8, 4) is 0 Å². The van der Waals surface area contributed by atoms with E-state index in [0.717, 1.165) is 56.5 Å². The molecule has 0 N–H and O–H groups in total. The SMILES string of the molecule is C[C@@H]1CN(C(=O)c2nn(CC(=O)N3CCC(c4cccc5sccc45)CC3)c3c2CCC3)C[C@H](C)O1. The van der Waals surface area contributed by atoms with Crippen LogP contribution in [-0.4, -0.2) is 69.8 Å². The molecule has 3 aromatic rings. The fraction of sp³-hybridized carbons (Fsp3) is 0.536. The number of carbonyl (C=O) groups is 2. The van der Waals surface area contributed by atoms with Crippen LogP contribution < -0.4 is 0 Å². The standard InChI is InChI=1S/C28H34N4O3S/c1-18-15-31(16-19(2)35-18)28(34)27-23-6-3-7-24(23)32(29-27)17-26(33)30-12-9-20(10-13-30)21-5-4-8-25-22(21)11-14-36-25/h4-5,8,11,14,18-20H,3,6-7,9-10,12-13,15-17H2,1-2H3/t18-,19+. The van der Waals surface area contributed by atoms with Gasteiger partial charge in [-0.05, 0) is 80.3 Å². The van der Waals surface area contributed by atoms with Gasteiger partial charge in [-0.25, -0.2) is 0 Å². The molecule has 7 nitrogen and oxygen atoms in total. The molecule has 2 saturated heterocycles. The third-order valence-electron chi connectivity index (χ3n) is 8.02. The molecule has 2 amide bonds. The van der Waals surface area contributed by atoms with Gasteiger partial charge in [0.1, 0.15) is 6.54 Å². The van der Waals surface area contributed by atoms with Crippen molar-refractivity contribution in [2.75, 3.05) is 26.2 Å². The average molecular weight is 507 g/mol. The summed E-state index contributed by atoms with van der Waals surface area (Å²) in [4.78, 5) is 30.6. The maximum Gasteiger partial charge on any atom is 0.274 e. The van der Waals surface area contributed by atoms with Crippen molar-refractivity contribution in [3.63, 3.8) is 0 Å². The lowest BCUT2D eigenvalue weighted by atomic mass is 9.87. The number of fused-ring (bicyclic) bond motifs is 2. The molecule has 8 heteroatoms. The maximum absolute atomic E-state index is 13.4. The molecule has 6 rings (SSSR count). The van der Waals surface area contributed by atoms with Crippen LogP contribution in [0.15, 0.2) is 29.6 Å². The lowest BCUT2D eigenvalue weighted by Crippen LogP contribution is -2.48. The maximum atomic E-state index is 13.4. The number of ether oxygens (including phenoxy) is 1. The van der Waals surface area contributed by atoms with Crippen LogP contribution in [0.5, 0.6) is 0 Å². The van der Waals surface area contributed by atoms with Gasteiger partial charge < -0.3 is 14.5 Å². The second kappa shape index (κ2) is 9.63. The number of hydrogen-bond acceptors (Lipinski definition) is 5. The number of aromatic nitrogens is 2. The number of nitrogens with zero attached hydrogens (tertiary/aromatic N) is 4. The summed E-state index contributed by atoms with van der Waals surface area (Å²) in [6.45, 7) is 6.92. The Kier molecular flexibility index (Phi) is 6.33. The summed E-state index contributed by atoms with van der Waals surface area (Å²) in [6.07, 6.45) is 4.75. The molecule has 2 atom stereocenters. The zero-order valence-corrected chi connectivity index (χ0v) is 21.9. The first-order valence-electron chi connectivity index (χ1n) is 13.2. The average Bonchev–Trinajstić information content (AvgIpc) is 3.61. The number of benzene rings is 1. The van der Waals surface area contributed by atoms with Gasteiger partial charge in [-0.3, -0.25) is 14.3 Å². The minimum absolute atomic E-state index is 0.0176. The van der Waals surface area contributed by atoms with E-state index in [9.17, 15) is 9.59 Å². The Morgan fingerprint density at radius 1 is 1.06 bits per heavy atom. The number of carbonyl (C=O) groups excluding carboxylic acids is 2. The number of rotatable bonds is 4. The normalized spacial score (nSPS) is 22.8. The Morgan fingerprint density at radius 2 is 1.83 bits per heavy atom. The highest BCUT2D eigenvalue weighted by Gasteiger charge is 2.33. The van der Waals surface area contributed by atoms with Crippen molar-refractivity contribution < 1.29 is 14.3 Å². The molecule has 2 fully saturated rings. The molecule has 0 bridgehead atoms. The Morgan fingerprint density at radius 3 is 2.61 bits per heavy atom. The summed E-state index contributed by atoms with van der Waals surface area (Å²) >= 11 is 1.79. The van der Waals surface area contributed by atoms with Crippen LogP contribution in [0.25, 0.3) is 10.1 Å². The Balaban J connectivity index is 1.13. The van der Waals surface area contributed by atoms with Crippen LogP contribution in [0, 0.1) is 0 Å². The van der Waals surface area contributed by atoms with Crippen molar-refractivity contribution >= 4 is 33.2 Å².